The number of hydrogen-bond donors (Lipinski definition) is 1. The van der Waals surface area contributed by atoms with E-state index in [2.05, 4.69) is 9.71 Å². The second-order valence-electron chi connectivity index (χ2n) is 9.61. The van der Waals surface area contributed by atoms with Gasteiger partial charge in [-0.2, -0.15) is 0 Å². The van der Waals surface area contributed by atoms with Crippen LogP contribution in [-0.4, -0.2) is 105 Å². The fourth-order valence-electron chi connectivity index (χ4n) is 4.70. The van der Waals surface area contributed by atoms with Gasteiger partial charge in [-0.1, -0.05) is 0 Å². The van der Waals surface area contributed by atoms with Gasteiger partial charge in [-0.25, -0.2) is 27.8 Å². The highest BCUT2D eigenvalue weighted by atomic mass is 32.2. The molecule has 0 radical (unpaired) electrons. The Hall–Kier alpha value is -3.62. The number of piperazine rings is 1. The Bertz CT molecular complexity index is 1510. The SMILES string of the molecule is COc1ncc(-c2nc(N3CCOCC3)nc3c(CN4CCN(C)C(=O)C4)cc(F)cc23)cc1NS(C)(=O)=O. The van der Waals surface area contributed by atoms with E-state index in [0.29, 0.717) is 79.6 Å². The average Bonchev–Trinajstić information content (AvgIpc) is 2.90. The maximum Gasteiger partial charge on any atom is 0.238 e. The van der Waals surface area contributed by atoms with Crippen molar-refractivity contribution in [2.75, 3.05) is 76.0 Å². The number of fused-ring (bicyclic) bond motifs is 1. The first-order chi connectivity index (χ1) is 18.6. The molecule has 2 aliphatic rings. The molecule has 2 aromatic heterocycles. The van der Waals surface area contributed by atoms with Crippen LogP contribution in [-0.2, 0) is 26.1 Å². The van der Waals surface area contributed by atoms with E-state index in [-0.39, 0.29) is 24.0 Å². The van der Waals surface area contributed by atoms with E-state index in [1.165, 1.54) is 25.4 Å². The van der Waals surface area contributed by atoms with Crippen LogP contribution < -0.4 is 14.4 Å². The minimum Gasteiger partial charge on any atom is -0.480 e. The molecule has 2 aliphatic heterocycles. The molecule has 1 amide bonds. The molecule has 0 saturated carbocycles. The van der Waals surface area contributed by atoms with Crippen molar-refractivity contribution >= 4 is 38.5 Å². The number of methoxy groups -OCH3 is 1. The molecule has 208 valence electrons. The zero-order chi connectivity index (χ0) is 27.7. The molecule has 5 rings (SSSR count). The van der Waals surface area contributed by atoms with Crippen LogP contribution in [0.1, 0.15) is 5.56 Å². The van der Waals surface area contributed by atoms with Gasteiger partial charge in [0.25, 0.3) is 0 Å². The van der Waals surface area contributed by atoms with Crippen molar-refractivity contribution in [2.24, 2.45) is 0 Å². The Morgan fingerprint density at radius 3 is 2.59 bits per heavy atom. The molecular formula is C25H30FN7O5S. The lowest BCUT2D eigenvalue weighted by atomic mass is 10.0. The van der Waals surface area contributed by atoms with Gasteiger partial charge in [-0.05, 0) is 23.8 Å². The molecule has 12 nitrogen and oxygen atoms in total. The molecule has 0 atom stereocenters. The van der Waals surface area contributed by atoms with Gasteiger partial charge in [-0.15, -0.1) is 0 Å². The van der Waals surface area contributed by atoms with Gasteiger partial charge in [0, 0.05) is 56.9 Å². The highest BCUT2D eigenvalue weighted by molar-refractivity contribution is 7.92. The molecule has 0 spiro atoms. The second kappa shape index (κ2) is 10.9. The molecular weight excluding hydrogens is 529 g/mol. The number of benzene rings is 1. The van der Waals surface area contributed by atoms with Crippen molar-refractivity contribution < 1.29 is 27.1 Å². The first-order valence-corrected chi connectivity index (χ1v) is 14.3. The molecule has 4 heterocycles. The zero-order valence-corrected chi connectivity index (χ0v) is 22.8. The monoisotopic (exact) mass is 559 g/mol. The topological polar surface area (TPSA) is 130 Å². The lowest BCUT2D eigenvalue weighted by Gasteiger charge is -2.32. The summed E-state index contributed by atoms with van der Waals surface area (Å²) in [7, 11) is -0.485. The van der Waals surface area contributed by atoms with E-state index in [0.717, 1.165) is 6.26 Å². The minimum absolute atomic E-state index is 0.00138. The van der Waals surface area contributed by atoms with Crippen LogP contribution >= 0.6 is 0 Å². The minimum atomic E-state index is -3.64. The molecule has 2 saturated heterocycles. The predicted octanol–water partition coefficient (Wildman–Crippen LogP) is 1.32. The van der Waals surface area contributed by atoms with Crippen LogP contribution in [0, 0.1) is 5.82 Å². The third-order valence-electron chi connectivity index (χ3n) is 6.67. The summed E-state index contributed by atoms with van der Waals surface area (Å²) in [5.41, 5.74) is 2.14. The lowest BCUT2D eigenvalue weighted by Crippen LogP contribution is -2.48. The molecule has 0 bridgehead atoms. The molecule has 0 unspecified atom stereocenters. The van der Waals surface area contributed by atoms with Crippen LogP contribution in [0.2, 0.25) is 0 Å². The van der Waals surface area contributed by atoms with Gasteiger partial charge in [0.1, 0.15) is 11.5 Å². The highest BCUT2D eigenvalue weighted by Gasteiger charge is 2.25. The van der Waals surface area contributed by atoms with E-state index in [1.54, 1.807) is 18.0 Å². The quantitative estimate of drug-likeness (QED) is 0.452. The van der Waals surface area contributed by atoms with E-state index >= 15 is 4.39 Å². The normalized spacial score (nSPS) is 17.1. The fourth-order valence-corrected chi connectivity index (χ4v) is 5.24. The van der Waals surface area contributed by atoms with E-state index in [4.69, 9.17) is 19.4 Å². The van der Waals surface area contributed by atoms with Crippen molar-refractivity contribution in [1.82, 2.24) is 24.8 Å². The number of rotatable bonds is 7. The summed E-state index contributed by atoms with van der Waals surface area (Å²) in [6.07, 6.45) is 2.53. The summed E-state index contributed by atoms with van der Waals surface area (Å²) in [6.45, 7) is 3.98. The summed E-state index contributed by atoms with van der Waals surface area (Å²) >= 11 is 0. The van der Waals surface area contributed by atoms with Crippen molar-refractivity contribution in [2.45, 2.75) is 6.54 Å². The number of aromatic nitrogens is 3. The molecule has 0 aliphatic carbocycles. The standard InChI is InChI=1S/C25H30FN7O5S/c1-31-4-5-32(15-21(31)34)14-17-10-18(26)12-19-22(28-25(29-23(17)19)33-6-8-38-9-7-33)16-11-20(30-39(3,35)36)24(37-2)27-13-16/h10-13,30H,4-9,14-15H2,1-3H3. The number of pyridine rings is 1. The van der Waals surface area contributed by atoms with Crippen molar-refractivity contribution in [3.8, 4) is 17.1 Å². The number of sulfonamides is 1. The van der Waals surface area contributed by atoms with E-state index < -0.39 is 15.8 Å². The van der Waals surface area contributed by atoms with Crippen molar-refractivity contribution in [3.05, 3.63) is 35.8 Å². The molecule has 2 fully saturated rings. The van der Waals surface area contributed by atoms with Crippen LogP contribution in [0.25, 0.3) is 22.2 Å². The van der Waals surface area contributed by atoms with Gasteiger partial charge in [0.2, 0.25) is 27.8 Å². The number of carbonyl (C=O) groups is 1. The first kappa shape index (κ1) is 27.0. The number of nitrogens with one attached hydrogen (secondary N) is 1. The van der Waals surface area contributed by atoms with Crippen molar-refractivity contribution in [1.29, 1.82) is 0 Å². The summed E-state index contributed by atoms with van der Waals surface area (Å²) in [5, 5.41) is 0.444. The number of amides is 1. The summed E-state index contributed by atoms with van der Waals surface area (Å²) in [4.78, 5) is 31.9. The Balaban J connectivity index is 1.67. The van der Waals surface area contributed by atoms with Gasteiger partial charge in [-0.3, -0.25) is 14.4 Å². The Kier molecular flexibility index (Phi) is 7.51. The van der Waals surface area contributed by atoms with Crippen LogP contribution in [0.4, 0.5) is 16.0 Å². The smallest absolute Gasteiger partial charge is 0.238 e. The van der Waals surface area contributed by atoms with Gasteiger partial charge >= 0.3 is 0 Å². The number of hydrogen-bond acceptors (Lipinski definition) is 10. The van der Waals surface area contributed by atoms with E-state index in [1.807, 2.05) is 9.80 Å². The Labute approximate surface area is 225 Å². The molecule has 1 N–H and O–H groups in total. The molecule has 14 heteroatoms. The third kappa shape index (κ3) is 6.02. The molecule has 3 aromatic rings. The number of carbonyl (C=O) groups excluding carboxylic acids is 1. The van der Waals surface area contributed by atoms with E-state index in [9.17, 15) is 13.2 Å². The lowest BCUT2D eigenvalue weighted by molar-refractivity contribution is -0.134. The van der Waals surface area contributed by atoms with Crippen LogP contribution in [0.3, 0.4) is 0 Å². The number of halogens is 1. The number of nitrogens with zero attached hydrogens (tertiary/aromatic N) is 6. The van der Waals surface area contributed by atoms with Gasteiger partial charge in [0.05, 0.1) is 44.3 Å². The Morgan fingerprint density at radius 1 is 1.13 bits per heavy atom. The number of likely N-dealkylation sites (N-methyl/N-ethyl adjacent to an activating group) is 1. The summed E-state index contributed by atoms with van der Waals surface area (Å²) in [5.74, 6) is 0.0541. The van der Waals surface area contributed by atoms with Gasteiger partial charge in [0.15, 0.2) is 0 Å². The first-order valence-electron chi connectivity index (χ1n) is 12.4. The largest absolute Gasteiger partial charge is 0.480 e. The summed E-state index contributed by atoms with van der Waals surface area (Å²) in [6, 6.07) is 4.36. The third-order valence-corrected chi connectivity index (χ3v) is 7.26. The zero-order valence-electron chi connectivity index (χ0n) is 22.0. The maximum atomic E-state index is 15.1. The molecule has 1 aromatic carbocycles. The van der Waals surface area contributed by atoms with Crippen LogP contribution in [0.15, 0.2) is 24.4 Å². The number of anilines is 2. The number of morpholine rings is 1. The number of ether oxygens (including phenoxy) is 2. The second-order valence-corrected chi connectivity index (χ2v) is 11.4. The van der Waals surface area contributed by atoms with Crippen LogP contribution in [0.5, 0.6) is 5.88 Å². The summed E-state index contributed by atoms with van der Waals surface area (Å²) < 4.78 is 52.2. The maximum absolute atomic E-state index is 15.1. The fraction of sp³-hybridized carbons (Fsp3) is 0.440. The average molecular weight is 560 g/mol. The molecule has 39 heavy (non-hydrogen) atoms. The van der Waals surface area contributed by atoms with Gasteiger partial charge < -0.3 is 19.3 Å². The highest BCUT2D eigenvalue weighted by Crippen LogP contribution is 2.35. The van der Waals surface area contributed by atoms with Crippen molar-refractivity contribution in [3.63, 3.8) is 0 Å². The Morgan fingerprint density at radius 2 is 1.90 bits per heavy atom. The predicted molar refractivity (Wildman–Crippen MR) is 144 cm³/mol.